The lowest BCUT2D eigenvalue weighted by molar-refractivity contribution is 0.412. The van der Waals surface area contributed by atoms with Crippen LogP contribution in [0.15, 0.2) is 29.2 Å². The summed E-state index contributed by atoms with van der Waals surface area (Å²) >= 11 is 1.53. The molecule has 7 nitrogen and oxygen atoms in total. The van der Waals surface area contributed by atoms with Gasteiger partial charge in [0.1, 0.15) is 11.5 Å². The number of nitrogen functional groups attached to an aromatic ring is 2. The van der Waals surface area contributed by atoms with Crippen molar-refractivity contribution < 1.29 is 9.47 Å². The number of benzene rings is 1. The molecule has 130 valence electrons. The van der Waals surface area contributed by atoms with Gasteiger partial charge in [-0.1, -0.05) is 13.8 Å². The Morgan fingerprint density at radius 3 is 2.44 bits per heavy atom. The fourth-order valence-electron chi connectivity index (χ4n) is 2.61. The zero-order valence-corrected chi connectivity index (χ0v) is 15.0. The van der Waals surface area contributed by atoms with Crippen molar-refractivity contribution in [2.45, 2.75) is 19.8 Å². The number of nitrogens with two attached hydrogens (primary N) is 2. The molecule has 8 heteroatoms. The topological polar surface area (TPSA) is 109 Å². The Kier molecular flexibility index (Phi) is 4.71. The van der Waals surface area contributed by atoms with Crippen molar-refractivity contribution in [3.8, 4) is 28.5 Å². The number of methoxy groups -OCH3 is 1. The summed E-state index contributed by atoms with van der Waals surface area (Å²) in [5.41, 5.74) is 16.0. The lowest BCUT2D eigenvalue weighted by Crippen LogP contribution is -2.04. The van der Waals surface area contributed by atoms with Gasteiger partial charge < -0.3 is 20.9 Å². The number of hydrogen-bond acceptors (Lipinski definition) is 8. The molecule has 0 saturated heterocycles. The quantitative estimate of drug-likeness (QED) is 0.716. The van der Waals surface area contributed by atoms with E-state index in [1.807, 2.05) is 17.5 Å². The van der Waals surface area contributed by atoms with Crippen molar-refractivity contribution in [2.24, 2.45) is 0 Å². The van der Waals surface area contributed by atoms with E-state index in [9.17, 15) is 0 Å². The van der Waals surface area contributed by atoms with Crippen LogP contribution < -0.4 is 20.9 Å². The molecule has 0 fully saturated rings. The van der Waals surface area contributed by atoms with Crippen LogP contribution in [0.4, 0.5) is 11.8 Å². The molecule has 0 amide bonds. The fourth-order valence-corrected chi connectivity index (χ4v) is 3.15. The van der Waals surface area contributed by atoms with Gasteiger partial charge in [0.15, 0.2) is 11.6 Å². The third-order valence-corrected chi connectivity index (χ3v) is 4.26. The summed E-state index contributed by atoms with van der Waals surface area (Å²) < 4.78 is 11.6. The van der Waals surface area contributed by atoms with Crippen molar-refractivity contribution in [1.82, 2.24) is 15.0 Å². The molecule has 0 bridgehead atoms. The second-order valence-electron chi connectivity index (χ2n) is 5.66. The van der Waals surface area contributed by atoms with E-state index in [0.717, 1.165) is 22.6 Å². The summed E-state index contributed by atoms with van der Waals surface area (Å²) in [6.07, 6.45) is 1.47. The number of anilines is 2. The van der Waals surface area contributed by atoms with Crippen molar-refractivity contribution in [2.75, 3.05) is 18.6 Å². The van der Waals surface area contributed by atoms with Crippen LogP contribution in [0.3, 0.4) is 0 Å². The van der Waals surface area contributed by atoms with Crippen LogP contribution in [0, 0.1) is 0 Å². The Balaban J connectivity index is 2.15. The average Bonchev–Trinajstić information content (AvgIpc) is 3.10. The first kappa shape index (κ1) is 17.0. The number of rotatable bonds is 5. The molecule has 0 aliphatic carbocycles. The predicted molar refractivity (Wildman–Crippen MR) is 99.1 cm³/mol. The maximum Gasteiger partial charge on any atom is 0.222 e. The van der Waals surface area contributed by atoms with E-state index in [-0.39, 0.29) is 17.7 Å². The number of thiazole rings is 1. The lowest BCUT2D eigenvalue weighted by atomic mass is 9.93. The molecule has 25 heavy (non-hydrogen) atoms. The SMILES string of the molecule is COc1ccc(Oc2cnc(N)nc2N)c(C(C)C)c1-c1cscn1. The van der Waals surface area contributed by atoms with Gasteiger partial charge in [-0.3, -0.25) is 0 Å². The molecule has 2 aromatic heterocycles. The Morgan fingerprint density at radius 2 is 1.84 bits per heavy atom. The maximum atomic E-state index is 6.01. The molecule has 0 aliphatic rings. The number of nitrogens with zero attached hydrogens (tertiary/aromatic N) is 3. The van der Waals surface area contributed by atoms with Crippen LogP contribution in [0.2, 0.25) is 0 Å². The molecule has 3 aromatic rings. The molecule has 0 radical (unpaired) electrons. The largest absolute Gasteiger partial charge is 0.496 e. The van der Waals surface area contributed by atoms with Crippen molar-refractivity contribution in [3.05, 3.63) is 34.8 Å². The van der Waals surface area contributed by atoms with Crippen molar-refractivity contribution in [3.63, 3.8) is 0 Å². The molecule has 0 atom stereocenters. The first-order valence-electron chi connectivity index (χ1n) is 7.66. The second-order valence-corrected chi connectivity index (χ2v) is 6.38. The Labute approximate surface area is 149 Å². The number of ether oxygens (including phenoxy) is 2. The van der Waals surface area contributed by atoms with Crippen LogP contribution in [-0.2, 0) is 0 Å². The summed E-state index contributed by atoms with van der Waals surface area (Å²) in [4.78, 5) is 12.3. The summed E-state index contributed by atoms with van der Waals surface area (Å²) in [6.45, 7) is 4.17. The van der Waals surface area contributed by atoms with Crippen LogP contribution in [0.1, 0.15) is 25.3 Å². The zero-order valence-electron chi connectivity index (χ0n) is 14.2. The van der Waals surface area contributed by atoms with E-state index in [2.05, 4.69) is 28.8 Å². The maximum absolute atomic E-state index is 6.01. The van der Waals surface area contributed by atoms with E-state index in [0.29, 0.717) is 11.5 Å². The van der Waals surface area contributed by atoms with E-state index in [1.54, 1.807) is 12.6 Å². The van der Waals surface area contributed by atoms with Crippen LogP contribution >= 0.6 is 11.3 Å². The molecule has 4 N–H and O–H groups in total. The zero-order chi connectivity index (χ0) is 18.0. The standard InChI is InChI=1S/C17H19N5O2S/c1-9(2)14-12(24-13-6-20-17(19)22-16(13)18)5-4-11(23-3)15(14)10-7-25-8-21-10/h4-9H,1-3H3,(H4,18,19,20,22). The molecular weight excluding hydrogens is 338 g/mol. The predicted octanol–water partition coefficient (Wildman–Crippen LogP) is 3.69. The molecule has 0 aliphatic heterocycles. The Hall–Kier alpha value is -2.87. The third kappa shape index (κ3) is 3.34. The third-order valence-electron chi connectivity index (χ3n) is 3.67. The highest BCUT2D eigenvalue weighted by Crippen LogP contribution is 2.44. The molecule has 1 aromatic carbocycles. The average molecular weight is 357 g/mol. The highest BCUT2D eigenvalue weighted by Gasteiger charge is 2.22. The minimum absolute atomic E-state index is 0.104. The molecule has 2 heterocycles. The highest BCUT2D eigenvalue weighted by atomic mass is 32.1. The molecule has 0 unspecified atom stereocenters. The van der Waals surface area contributed by atoms with Gasteiger partial charge in [0.2, 0.25) is 5.95 Å². The molecule has 3 rings (SSSR count). The normalized spacial score (nSPS) is 10.9. The molecule has 0 spiro atoms. The second kappa shape index (κ2) is 6.94. The number of hydrogen-bond donors (Lipinski definition) is 2. The smallest absolute Gasteiger partial charge is 0.222 e. The monoisotopic (exact) mass is 357 g/mol. The highest BCUT2D eigenvalue weighted by molar-refractivity contribution is 7.07. The van der Waals surface area contributed by atoms with Crippen LogP contribution in [0.5, 0.6) is 17.2 Å². The van der Waals surface area contributed by atoms with Gasteiger partial charge in [-0.05, 0) is 18.1 Å². The van der Waals surface area contributed by atoms with Gasteiger partial charge in [-0.15, -0.1) is 11.3 Å². The van der Waals surface area contributed by atoms with E-state index in [4.69, 9.17) is 20.9 Å². The van der Waals surface area contributed by atoms with Gasteiger partial charge in [-0.2, -0.15) is 4.98 Å². The number of aromatic nitrogens is 3. The minimum Gasteiger partial charge on any atom is -0.496 e. The fraction of sp³-hybridized carbons (Fsp3) is 0.235. The van der Waals surface area contributed by atoms with Crippen molar-refractivity contribution >= 4 is 23.1 Å². The lowest BCUT2D eigenvalue weighted by Gasteiger charge is -2.20. The Morgan fingerprint density at radius 1 is 1.08 bits per heavy atom. The van der Waals surface area contributed by atoms with Gasteiger partial charge in [0.25, 0.3) is 0 Å². The van der Waals surface area contributed by atoms with E-state index in [1.165, 1.54) is 17.5 Å². The summed E-state index contributed by atoms with van der Waals surface area (Å²) in [6, 6.07) is 3.70. The molecule has 0 saturated carbocycles. The first-order valence-corrected chi connectivity index (χ1v) is 8.60. The minimum atomic E-state index is 0.104. The summed E-state index contributed by atoms with van der Waals surface area (Å²) in [5, 5.41) is 1.98. The van der Waals surface area contributed by atoms with Crippen molar-refractivity contribution in [1.29, 1.82) is 0 Å². The Bertz CT molecular complexity index is 881. The van der Waals surface area contributed by atoms with Crippen LogP contribution in [-0.4, -0.2) is 22.1 Å². The van der Waals surface area contributed by atoms with E-state index >= 15 is 0 Å². The van der Waals surface area contributed by atoms with Gasteiger partial charge in [0, 0.05) is 10.9 Å². The van der Waals surface area contributed by atoms with Gasteiger partial charge >= 0.3 is 0 Å². The summed E-state index contributed by atoms with van der Waals surface area (Å²) in [7, 11) is 1.64. The summed E-state index contributed by atoms with van der Waals surface area (Å²) in [5.74, 6) is 2.20. The molecular formula is C17H19N5O2S. The van der Waals surface area contributed by atoms with Crippen LogP contribution in [0.25, 0.3) is 11.3 Å². The van der Waals surface area contributed by atoms with Gasteiger partial charge in [-0.25, -0.2) is 9.97 Å². The first-order chi connectivity index (χ1) is 12.0. The van der Waals surface area contributed by atoms with E-state index < -0.39 is 0 Å². The van der Waals surface area contributed by atoms with Gasteiger partial charge in [0.05, 0.1) is 30.1 Å².